The maximum Gasteiger partial charge on any atom is 0.325 e. The van der Waals surface area contributed by atoms with Crippen molar-refractivity contribution in [2.75, 3.05) is 26.3 Å². The Morgan fingerprint density at radius 1 is 0.969 bits per heavy atom. The molecule has 1 unspecified atom stereocenters. The predicted molar refractivity (Wildman–Crippen MR) is 114 cm³/mol. The highest BCUT2D eigenvalue weighted by molar-refractivity contribution is 5.87. The molecule has 8 nitrogen and oxygen atoms in total. The van der Waals surface area contributed by atoms with Crippen molar-refractivity contribution in [3.8, 4) is 11.5 Å². The average Bonchev–Trinajstić information content (AvgIpc) is 2.78. The molecular formula is C24H30N2O6. The first-order chi connectivity index (χ1) is 15.5. The Morgan fingerprint density at radius 3 is 2.31 bits per heavy atom. The molecule has 8 heteroatoms. The number of rotatable bonds is 7. The summed E-state index contributed by atoms with van der Waals surface area (Å²) in [6.07, 6.45) is 6.29. The summed E-state index contributed by atoms with van der Waals surface area (Å²) in [6, 6.07) is 7.35. The van der Waals surface area contributed by atoms with Crippen LogP contribution in [0, 0.1) is 23.2 Å². The van der Waals surface area contributed by atoms with Gasteiger partial charge in [0, 0.05) is 5.41 Å². The second-order valence-electron chi connectivity index (χ2n) is 9.84. The Morgan fingerprint density at radius 2 is 1.62 bits per heavy atom. The van der Waals surface area contributed by atoms with Crippen LogP contribution < -0.4 is 20.1 Å². The summed E-state index contributed by atoms with van der Waals surface area (Å²) in [6.45, 7) is -0.0264. The first-order valence-electron chi connectivity index (χ1n) is 11.6. The standard InChI is InChI=1S/C24H30N2O6/c27-21(25-11-18-13-30-19-3-1-2-4-20(19)32-18)14-31-22(28)12-26-23(29)24-8-15-5-16(9-24)7-17(6-15)10-24/h1-4,15-18H,5-14H2,(H,25,27)(H,26,29). The summed E-state index contributed by atoms with van der Waals surface area (Å²) in [5.41, 5.74) is -0.299. The highest BCUT2D eigenvalue weighted by Gasteiger charge is 2.54. The van der Waals surface area contributed by atoms with E-state index in [4.69, 9.17) is 14.2 Å². The van der Waals surface area contributed by atoms with Crippen LogP contribution in [-0.4, -0.2) is 50.2 Å². The minimum absolute atomic E-state index is 0.0206. The maximum atomic E-state index is 12.9. The summed E-state index contributed by atoms with van der Waals surface area (Å²) in [5.74, 6) is 2.25. The molecule has 4 saturated carbocycles. The minimum Gasteiger partial charge on any atom is -0.486 e. The number of ether oxygens (including phenoxy) is 3. The number of para-hydroxylation sites is 2. The van der Waals surface area contributed by atoms with Crippen molar-refractivity contribution >= 4 is 17.8 Å². The number of amides is 2. The molecule has 0 radical (unpaired) electrons. The number of fused-ring (bicyclic) bond motifs is 1. The first-order valence-corrected chi connectivity index (χ1v) is 11.6. The smallest absolute Gasteiger partial charge is 0.325 e. The summed E-state index contributed by atoms with van der Waals surface area (Å²) in [7, 11) is 0. The van der Waals surface area contributed by atoms with Gasteiger partial charge in [0.05, 0.1) is 6.54 Å². The van der Waals surface area contributed by atoms with E-state index < -0.39 is 18.5 Å². The lowest BCUT2D eigenvalue weighted by Crippen LogP contribution is -2.54. The van der Waals surface area contributed by atoms with Crippen molar-refractivity contribution in [3.63, 3.8) is 0 Å². The van der Waals surface area contributed by atoms with Crippen molar-refractivity contribution < 1.29 is 28.6 Å². The summed E-state index contributed by atoms with van der Waals surface area (Å²) in [4.78, 5) is 37.0. The van der Waals surface area contributed by atoms with Crippen molar-refractivity contribution in [1.82, 2.24) is 10.6 Å². The lowest BCUT2D eigenvalue weighted by molar-refractivity contribution is -0.152. The van der Waals surface area contributed by atoms with Gasteiger partial charge in [-0.2, -0.15) is 0 Å². The Kier molecular flexibility index (Phi) is 5.69. The molecular weight excluding hydrogens is 412 g/mol. The van der Waals surface area contributed by atoms with E-state index in [0.717, 1.165) is 19.3 Å². The first kappa shape index (κ1) is 21.1. The predicted octanol–water partition coefficient (Wildman–Crippen LogP) is 1.82. The number of carbonyl (C=O) groups is 3. The Balaban J connectivity index is 1.01. The number of esters is 1. The molecule has 0 saturated heterocycles. The summed E-state index contributed by atoms with van der Waals surface area (Å²) in [5, 5.41) is 5.46. The molecule has 1 aliphatic heterocycles. The van der Waals surface area contributed by atoms with Crippen molar-refractivity contribution in [2.24, 2.45) is 23.2 Å². The lowest BCUT2D eigenvalue weighted by atomic mass is 9.49. The van der Waals surface area contributed by atoms with E-state index in [1.54, 1.807) is 0 Å². The van der Waals surface area contributed by atoms with Crippen molar-refractivity contribution in [3.05, 3.63) is 24.3 Å². The summed E-state index contributed by atoms with van der Waals surface area (Å²) < 4.78 is 16.4. The molecule has 1 atom stereocenters. The second kappa shape index (κ2) is 8.64. The van der Waals surface area contributed by atoms with Crippen LogP contribution in [-0.2, 0) is 19.1 Å². The quantitative estimate of drug-likeness (QED) is 0.625. The van der Waals surface area contributed by atoms with Gasteiger partial charge in [-0.15, -0.1) is 0 Å². The van der Waals surface area contributed by atoms with Crippen LogP contribution >= 0.6 is 0 Å². The van der Waals surface area contributed by atoms with Crippen LogP contribution in [0.25, 0.3) is 0 Å². The van der Waals surface area contributed by atoms with E-state index in [0.29, 0.717) is 35.9 Å². The zero-order valence-corrected chi connectivity index (χ0v) is 18.1. The van der Waals surface area contributed by atoms with E-state index in [2.05, 4.69) is 10.6 Å². The van der Waals surface area contributed by atoms with Crippen molar-refractivity contribution in [1.29, 1.82) is 0 Å². The molecule has 1 heterocycles. The molecule has 4 fully saturated rings. The third-order valence-corrected chi connectivity index (χ3v) is 7.37. The fourth-order valence-electron chi connectivity index (χ4n) is 6.37. The van der Waals surface area contributed by atoms with Gasteiger partial charge in [-0.3, -0.25) is 14.4 Å². The number of hydrogen-bond donors (Lipinski definition) is 2. The van der Waals surface area contributed by atoms with E-state index in [9.17, 15) is 14.4 Å². The van der Waals surface area contributed by atoms with Crippen LogP contribution in [0.1, 0.15) is 38.5 Å². The van der Waals surface area contributed by atoms with Gasteiger partial charge in [0.15, 0.2) is 18.1 Å². The van der Waals surface area contributed by atoms with E-state index in [1.807, 2.05) is 24.3 Å². The molecule has 6 rings (SSSR count). The molecule has 1 aromatic rings. The average molecular weight is 443 g/mol. The minimum atomic E-state index is -0.607. The molecule has 2 amide bonds. The van der Waals surface area contributed by atoms with Gasteiger partial charge >= 0.3 is 5.97 Å². The summed E-state index contributed by atoms with van der Waals surface area (Å²) >= 11 is 0. The zero-order chi connectivity index (χ0) is 22.1. The lowest BCUT2D eigenvalue weighted by Gasteiger charge is -2.55. The van der Waals surface area contributed by atoms with Gasteiger partial charge in [0.1, 0.15) is 19.3 Å². The Labute approximate surface area is 187 Å². The molecule has 0 aromatic heterocycles. The van der Waals surface area contributed by atoms with Crippen LogP contribution in [0.3, 0.4) is 0 Å². The van der Waals surface area contributed by atoms with Crippen LogP contribution in [0.5, 0.6) is 11.5 Å². The van der Waals surface area contributed by atoms with Gasteiger partial charge in [-0.25, -0.2) is 0 Å². The van der Waals surface area contributed by atoms with Crippen LogP contribution in [0.4, 0.5) is 0 Å². The van der Waals surface area contributed by atoms with Crippen LogP contribution in [0.2, 0.25) is 0 Å². The third-order valence-electron chi connectivity index (χ3n) is 7.37. The largest absolute Gasteiger partial charge is 0.486 e. The van der Waals surface area contributed by atoms with Crippen molar-refractivity contribution in [2.45, 2.75) is 44.6 Å². The maximum absolute atomic E-state index is 12.9. The van der Waals surface area contributed by atoms with E-state index in [-0.39, 0.29) is 30.5 Å². The van der Waals surface area contributed by atoms with Gasteiger partial charge in [0.25, 0.3) is 5.91 Å². The molecule has 5 aliphatic rings. The van der Waals surface area contributed by atoms with E-state index in [1.165, 1.54) is 19.3 Å². The number of benzene rings is 1. The number of carbonyl (C=O) groups excluding carboxylic acids is 3. The molecule has 32 heavy (non-hydrogen) atoms. The highest BCUT2D eigenvalue weighted by Crippen LogP contribution is 2.60. The van der Waals surface area contributed by atoms with Gasteiger partial charge in [-0.1, -0.05) is 12.1 Å². The molecule has 4 bridgehead atoms. The van der Waals surface area contributed by atoms with Gasteiger partial charge in [0.2, 0.25) is 5.91 Å². The molecule has 172 valence electrons. The Hall–Kier alpha value is -2.77. The molecule has 2 N–H and O–H groups in total. The van der Waals surface area contributed by atoms with Gasteiger partial charge in [-0.05, 0) is 68.4 Å². The third kappa shape index (κ3) is 4.40. The van der Waals surface area contributed by atoms with Gasteiger partial charge < -0.3 is 24.8 Å². The number of hydrogen-bond acceptors (Lipinski definition) is 6. The number of nitrogens with one attached hydrogen (secondary N) is 2. The second-order valence-corrected chi connectivity index (χ2v) is 9.84. The fraction of sp³-hybridized carbons (Fsp3) is 0.625. The molecule has 0 spiro atoms. The van der Waals surface area contributed by atoms with Crippen LogP contribution in [0.15, 0.2) is 24.3 Å². The topological polar surface area (TPSA) is 103 Å². The normalized spacial score (nSPS) is 31.6. The van der Waals surface area contributed by atoms with E-state index >= 15 is 0 Å². The Bertz CT molecular complexity index is 865. The fourth-order valence-corrected chi connectivity index (χ4v) is 6.37. The zero-order valence-electron chi connectivity index (χ0n) is 18.1. The molecule has 1 aromatic carbocycles. The highest BCUT2D eigenvalue weighted by atomic mass is 16.6. The molecule has 4 aliphatic carbocycles. The SMILES string of the molecule is O=C(COC(=O)CNC(=O)C12CC3CC(CC(C3)C1)C2)NCC1COc2ccccc2O1. The monoisotopic (exact) mass is 442 g/mol.